The van der Waals surface area contributed by atoms with Crippen molar-refractivity contribution in [3.8, 4) is 0 Å². The second-order valence-electron chi connectivity index (χ2n) is 10.3. The fourth-order valence-corrected chi connectivity index (χ4v) is 4.61. The van der Waals surface area contributed by atoms with Gasteiger partial charge in [0.05, 0.1) is 28.9 Å². The van der Waals surface area contributed by atoms with E-state index in [-0.39, 0.29) is 24.6 Å². The van der Waals surface area contributed by atoms with E-state index >= 15 is 0 Å². The van der Waals surface area contributed by atoms with Crippen LogP contribution < -0.4 is 16.0 Å². The predicted molar refractivity (Wildman–Crippen MR) is 140 cm³/mol. The molecule has 2 aromatic heterocycles. The standard InChI is InChI=1S/C26H30F2N8O2/c1-16-3-4-17(23(29)33-34-32-18-13-26(27,28)14-18)11-21(16)31-24(37)20-15-30-36-8-5-19(12-22(20)36)35-9-6-25(2,38)7-10-35/h3-5,8,11-12,15,18,38H,6-7,9-10,13-14H2,1-2H3,(H,31,37)(H2,29,32,33). The third kappa shape index (κ3) is 5.49. The summed E-state index contributed by atoms with van der Waals surface area (Å²) in [6, 6.07) is 8.52. The number of pyridine rings is 1. The maximum absolute atomic E-state index is 13.3. The zero-order valence-electron chi connectivity index (χ0n) is 21.2. The topological polar surface area (TPSA) is 133 Å². The summed E-state index contributed by atoms with van der Waals surface area (Å²) in [4.78, 5) is 15.5. The number of benzene rings is 1. The van der Waals surface area contributed by atoms with Crippen LogP contribution in [0.5, 0.6) is 0 Å². The summed E-state index contributed by atoms with van der Waals surface area (Å²) in [6.45, 7) is 5.15. The van der Waals surface area contributed by atoms with Gasteiger partial charge in [0.2, 0.25) is 0 Å². The quantitative estimate of drug-likeness (QED) is 0.193. The number of piperidine rings is 1. The maximum atomic E-state index is 13.3. The first-order chi connectivity index (χ1) is 18.0. The number of amidine groups is 1. The van der Waals surface area contributed by atoms with E-state index in [9.17, 15) is 18.7 Å². The predicted octanol–water partition coefficient (Wildman–Crippen LogP) is 4.12. The Bertz CT molecular complexity index is 1410. The highest BCUT2D eigenvalue weighted by Gasteiger charge is 2.45. The molecule has 0 spiro atoms. The molecule has 38 heavy (non-hydrogen) atoms. The molecule has 2 fully saturated rings. The molecule has 1 aliphatic heterocycles. The molecule has 0 radical (unpaired) electrons. The van der Waals surface area contributed by atoms with Gasteiger partial charge in [-0.1, -0.05) is 12.1 Å². The summed E-state index contributed by atoms with van der Waals surface area (Å²) < 4.78 is 27.5. The van der Waals surface area contributed by atoms with Crippen molar-refractivity contribution < 1.29 is 18.7 Å². The molecule has 0 atom stereocenters. The van der Waals surface area contributed by atoms with Crippen LogP contribution in [0.25, 0.3) is 5.52 Å². The number of amides is 1. The smallest absolute Gasteiger partial charge is 0.259 e. The highest BCUT2D eigenvalue weighted by atomic mass is 19.3. The molecule has 1 aromatic carbocycles. The van der Waals surface area contributed by atoms with Crippen molar-refractivity contribution in [3.63, 3.8) is 0 Å². The summed E-state index contributed by atoms with van der Waals surface area (Å²) >= 11 is 0. The average molecular weight is 525 g/mol. The highest BCUT2D eigenvalue weighted by molar-refractivity contribution is 6.10. The van der Waals surface area contributed by atoms with Gasteiger partial charge in [0.25, 0.3) is 11.8 Å². The first-order valence-electron chi connectivity index (χ1n) is 12.5. The van der Waals surface area contributed by atoms with Crippen LogP contribution in [0.2, 0.25) is 0 Å². The van der Waals surface area contributed by atoms with Crippen molar-refractivity contribution >= 4 is 28.6 Å². The van der Waals surface area contributed by atoms with Crippen LogP contribution in [-0.2, 0) is 0 Å². The van der Waals surface area contributed by atoms with Crippen LogP contribution in [0.1, 0.15) is 54.1 Å². The first kappa shape index (κ1) is 25.7. The summed E-state index contributed by atoms with van der Waals surface area (Å²) in [7, 11) is 0. The van der Waals surface area contributed by atoms with Crippen molar-refractivity contribution in [1.29, 1.82) is 0 Å². The molecule has 10 nitrogen and oxygen atoms in total. The Hall–Kier alpha value is -3.93. The molecule has 1 amide bonds. The minimum atomic E-state index is -2.68. The molecule has 1 saturated carbocycles. The fourth-order valence-electron chi connectivity index (χ4n) is 4.61. The number of halogens is 2. The van der Waals surface area contributed by atoms with Crippen LogP contribution in [0.15, 0.2) is 58.2 Å². The van der Waals surface area contributed by atoms with Crippen LogP contribution in [0.3, 0.4) is 0 Å². The zero-order chi connectivity index (χ0) is 27.1. The van der Waals surface area contributed by atoms with E-state index in [4.69, 9.17) is 5.73 Å². The Balaban J connectivity index is 1.31. The summed E-state index contributed by atoms with van der Waals surface area (Å²) in [5, 5.41) is 28.7. The highest BCUT2D eigenvalue weighted by Crippen LogP contribution is 2.39. The number of nitrogens with two attached hydrogens (primary N) is 1. The molecule has 3 aromatic rings. The second kappa shape index (κ2) is 9.75. The molecule has 4 N–H and O–H groups in total. The largest absolute Gasteiger partial charge is 0.390 e. The number of nitrogens with one attached hydrogen (secondary N) is 1. The lowest BCUT2D eigenvalue weighted by Gasteiger charge is -2.37. The molecular formula is C26H30F2N8O2. The van der Waals surface area contributed by atoms with Gasteiger partial charge in [-0.2, -0.15) is 10.2 Å². The lowest BCUT2D eigenvalue weighted by atomic mass is 9.89. The number of hydrogen-bond donors (Lipinski definition) is 3. The Morgan fingerprint density at radius 2 is 1.95 bits per heavy atom. The lowest BCUT2D eigenvalue weighted by Crippen LogP contribution is -2.42. The summed E-state index contributed by atoms with van der Waals surface area (Å²) in [5.41, 5.74) is 9.25. The molecule has 1 saturated heterocycles. The third-order valence-electron chi connectivity index (χ3n) is 7.17. The number of fused-ring (bicyclic) bond motifs is 1. The first-order valence-corrected chi connectivity index (χ1v) is 12.5. The van der Waals surface area contributed by atoms with E-state index in [0.29, 0.717) is 35.2 Å². The Kier molecular flexibility index (Phi) is 6.59. The van der Waals surface area contributed by atoms with Crippen molar-refractivity contribution in [1.82, 2.24) is 9.61 Å². The van der Waals surface area contributed by atoms with Gasteiger partial charge in [0, 0.05) is 49.1 Å². The number of anilines is 2. The van der Waals surface area contributed by atoms with Gasteiger partial charge in [-0.15, -0.1) is 5.10 Å². The molecule has 0 bridgehead atoms. The van der Waals surface area contributed by atoms with Crippen LogP contribution >= 0.6 is 0 Å². The summed E-state index contributed by atoms with van der Waals surface area (Å²) in [6.07, 6.45) is 4.01. The number of carbonyl (C=O) groups excluding carboxylic acids is 1. The third-order valence-corrected chi connectivity index (χ3v) is 7.17. The number of nitrogens with zero attached hydrogens (tertiary/aromatic N) is 6. The SMILES string of the molecule is Cc1ccc(/C(N)=N/N=NC2CC(F)(F)C2)cc1NC(=O)c1cnn2ccc(N3CCC(C)(O)CC3)cc12. The van der Waals surface area contributed by atoms with Gasteiger partial charge in [0.15, 0.2) is 5.84 Å². The number of aryl methyl sites for hydroxylation is 1. The van der Waals surface area contributed by atoms with Crippen LogP contribution in [0, 0.1) is 6.92 Å². The van der Waals surface area contributed by atoms with E-state index in [1.165, 1.54) is 6.20 Å². The van der Waals surface area contributed by atoms with Gasteiger partial charge in [-0.3, -0.25) is 4.79 Å². The Labute approximate surface area is 218 Å². The van der Waals surface area contributed by atoms with Crippen LogP contribution in [0.4, 0.5) is 20.2 Å². The second-order valence-corrected chi connectivity index (χ2v) is 10.3. The molecule has 12 heteroatoms. The Morgan fingerprint density at radius 3 is 2.66 bits per heavy atom. The number of aromatic nitrogens is 2. The number of rotatable bonds is 6. The molecule has 2 aliphatic rings. The van der Waals surface area contributed by atoms with Gasteiger partial charge < -0.3 is 21.1 Å². The zero-order valence-corrected chi connectivity index (χ0v) is 21.2. The maximum Gasteiger partial charge on any atom is 0.259 e. The number of carbonyl (C=O) groups is 1. The minimum Gasteiger partial charge on any atom is -0.390 e. The molecule has 1 aliphatic carbocycles. The minimum absolute atomic E-state index is 0.0523. The number of hydrogen-bond acceptors (Lipinski definition) is 6. The normalized spacial score (nSPS) is 19.6. The molecule has 0 unspecified atom stereocenters. The van der Waals surface area contributed by atoms with Gasteiger partial charge in [0.1, 0.15) is 0 Å². The van der Waals surface area contributed by atoms with E-state index in [1.54, 1.807) is 22.7 Å². The summed E-state index contributed by atoms with van der Waals surface area (Å²) in [5.74, 6) is -2.96. The van der Waals surface area contributed by atoms with Gasteiger partial charge in [-0.05, 0) is 55.7 Å². The van der Waals surface area contributed by atoms with Crippen molar-refractivity contribution in [3.05, 3.63) is 59.4 Å². The van der Waals surface area contributed by atoms with Crippen molar-refractivity contribution in [2.24, 2.45) is 21.2 Å². The number of aliphatic hydroxyl groups is 1. The Morgan fingerprint density at radius 1 is 1.21 bits per heavy atom. The fraction of sp³-hybridized carbons (Fsp3) is 0.423. The van der Waals surface area contributed by atoms with Gasteiger partial charge in [-0.25, -0.2) is 13.3 Å². The van der Waals surface area contributed by atoms with Crippen molar-refractivity contribution in [2.45, 2.75) is 57.1 Å². The van der Waals surface area contributed by atoms with Gasteiger partial charge >= 0.3 is 0 Å². The molecule has 3 heterocycles. The van der Waals surface area contributed by atoms with E-state index in [0.717, 1.165) is 24.3 Å². The van der Waals surface area contributed by atoms with Crippen molar-refractivity contribution in [2.75, 3.05) is 23.3 Å². The molecule has 5 rings (SSSR count). The molecule has 200 valence electrons. The monoisotopic (exact) mass is 524 g/mol. The van der Waals surface area contributed by atoms with E-state index in [2.05, 4.69) is 30.8 Å². The van der Waals surface area contributed by atoms with E-state index < -0.39 is 17.6 Å². The van der Waals surface area contributed by atoms with Crippen LogP contribution in [-0.4, -0.2) is 57.1 Å². The number of alkyl halides is 2. The van der Waals surface area contributed by atoms with E-state index in [1.807, 2.05) is 32.2 Å². The average Bonchev–Trinajstić information content (AvgIpc) is 3.27. The lowest BCUT2D eigenvalue weighted by molar-refractivity contribution is -0.0849. The molecular weight excluding hydrogens is 494 g/mol.